The molecule has 88 valence electrons. The maximum absolute atomic E-state index is 12.1. The zero-order chi connectivity index (χ0) is 11.5. The minimum absolute atomic E-state index is 0.0123. The van der Waals surface area contributed by atoms with Gasteiger partial charge in [0.15, 0.2) is 0 Å². The molecule has 2 rings (SSSR count). The third-order valence-corrected chi connectivity index (χ3v) is 2.72. The van der Waals surface area contributed by atoms with Gasteiger partial charge in [-0.25, -0.2) is 4.98 Å². The number of carbonyl (C=O) groups excluding carboxylic acids is 1. The largest absolute Gasteiger partial charge is 0.373 e. The van der Waals surface area contributed by atoms with Gasteiger partial charge < -0.3 is 19.9 Å². The number of hydrogen-bond donors (Lipinski definition) is 1. The van der Waals surface area contributed by atoms with E-state index < -0.39 is 0 Å². The summed E-state index contributed by atoms with van der Waals surface area (Å²) in [6.07, 6.45) is 3.15. The van der Waals surface area contributed by atoms with Crippen LogP contribution in [-0.4, -0.2) is 52.7 Å². The smallest absolute Gasteiger partial charge is 0.272 e. The number of nitrogens with zero attached hydrogens (tertiary/aromatic N) is 3. The summed E-state index contributed by atoms with van der Waals surface area (Å²) >= 11 is 0. The molecule has 1 amide bonds. The van der Waals surface area contributed by atoms with Crippen molar-refractivity contribution in [3.63, 3.8) is 0 Å². The summed E-state index contributed by atoms with van der Waals surface area (Å²) in [5, 5.41) is 0. The van der Waals surface area contributed by atoms with E-state index in [2.05, 4.69) is 4.98 Å². The Kier molecular flexibility index (Phi) is 3.21. The van der Waals surface area contributed by atoms with E-state index in [1.54, 1.807) is 29.0 Å². The molecular weight excluding hydrogens is 208 g/mol. The van der Waals surface area contributed by atoms with Gasteiger partial charge in [0.05, 0.1) is 25.2 Å². The van der Waals surface area contributed by atoms with Crippen LogP contribution in [0.5, 0.6) is 0 Å². The van der Waals surface area contributed by atoms with E-state index in [9.17, 15) is 4.79 Å². The van der Waals surface area contributed by atoms with E-state index in [-0.39, 0.29) is 12.0 Å². The van der Waals surface area contributed by atoms with Crippen LogP contribution in [0.1, 0.15) is 10.5 Å². The highest BCUT2D eigenvalue weighted by Gasteiger charge is 2.25. The molecule has 1 fully saturated rings. The van der Waals surface area contributed by atoms with Crippen molar-refractivity contribution in [3.8, 4) is 0 Å². The fourth-order valence-corrected chi connectivity index (χ4v) is 1.77. The Morgan fingerprint density at radius 2 is 2.56 bits per heavy atom. The van der Waals surface area contributed by atoms with Gasteiger partial charge >= 0.3 is 0 Å². The van der Waals surface area contributed by atoms with Crippen molar-refractivity contribution in [3.05, 3.63) is 18.2 Å². The normalized spacial score (nSPS) is 21.1. The molecule has 1 aromatic rings. The summed E-state index contributed by atoms with van der Waals surface area (Å²) in [5.74, 6) is -0.0123. The van der Waals surface area contributed by atoms with E-state index in [1.807, 2.05) is 0 Å². The van der Waals surface area contributed by atoms with Crippen LogP contribution in [0.4, 0.5) is 0 Å². The van der Waals surface area contributed by atoms with E-state index in [4.69, 9.17) is 10.5 Å². The Morgan fingerprint density at radius 3 is 3.19 bits per heavy atom. The molecule has 1 aliphatic heterocycles. The first-order chi connectivity index (χ1) is 7.72. The van der Waals surface area contributed by atoms with E-state index >= 15 is 0 Å². The van der Waals surface area contributed by atoms with Crippen LogP contribution in [-0.2, 0) is 11.8 Å². The number of imidazole rings is 1. The first-order valence-electron chi connectivity index (χ1n) is 5.29. The maximum atomic E-state index is 12.1. The summed E-state index contributed by atoms with van der Waals surface area (Å²) in [5.41, 5.74) is 6.13. The molecule has 0 aliphatic carbocycles. The predicted octanol–water partition coefficient (Wildman–Crippen LogP) is -0.780. The molecule has 6 nitrogen and oxygen atoms in total. The Balaban J connectivity index is 2.07. The van der Waals surface area contributed by atoms with Crippen molar-refractivity contribution in [2.24, 2.45) is 12.8 Å². The monoisotopic (exact) mass is 224 g/mol. The second-order valence-electron chi connectivity index (χ2n) is 3.87. The van der Waals surface area contributed by atoms with Gasteiger partial charge in [-0.2, -0.15) is 0 Å². The lowest BCUT2D eigenvalue weighted by Crippen LogP contribution is -2.48. The number of carbonyl (C=O) groups is 1. The quantitative estimate of drug-likeness (QED) is 0.715. The number of ether oxygens (including phenoxy) is 1. The molecule has 0 spiro atoms. The maximum Gasteiger partial charge on any atom is 0.272 e. The van der Waals surface area contributed by atoms with Gasteiger partial charge in [-0.1, -0.05) is 0 Å². The molecule has 1 atom stereocenters. The minimum Gasteiger partial charge on any atom is -0.373 e. The molecule has 1 aliphatic rings. The van der Waals surface area contributed by atoms with Crippen molar-refractivity contribution in [1.29, 1.82) is 0 Å². The third kappa shape index (κ3) is 2.07. The van der Waals surface area contributed by atoms with Crippen LogP contribution >= 0.6 is 0 Å². The number of amides is 1. The topological polar surface area (TPSA) is 73.4 Å². The van der Waals surface area contributed by atoms with Gasteiger partial charge in [0, 0.05) is 26.7 Å². The minimum atomic E-state index is -0.0501. The summed E-state index contributed by atoms with van der Waals surface area (Å²) < 4.78 is 7.13. The summed E-state index contributed by atoms with van der Waals surface area (Å²) in [6, 6.07) is 0. The molecule has 1 aromatic heterocycles. The number of rotatable bonds is 2. The SMILES string of the molecule is Cn1cncc1C(=O)N1CCOC(CN)C1. The molecular formula is C10H16N4O2. The zero-order valence-corrected chi connectivity index (χ0v) is 9.30. The molecule has 0 bridgehead atoms. The molecule has 2 N–H and O–H groups in total. The van der Waals surface area contributed by atoms with Crippen molar-refractivity contribution in [2.75, 3.05) is 26.2 Å². The molecule has 1 saturated heterocycles. The fraction of sp³-hybridized carbons (Fsp3) is 0.600. The average Bonchev–Trinajstić information content (AvgIpc) is 2.74. The lowest BCUT2D eigenvalue weighted by molar-refractivity contribution is -0.0170. The third-order valence-electron chi connectivity index (χ3n) is 2.72. The molecule has 6 heteroatoms. The molecule has 1 unspecified atom stereocenters. The second-order valence-corrected chi connectivity index (χ2v) is 3.87. The van der Waals surface area contributed by atoms with Gasteiger partial charge in [0.2, 0.25) is 0 Å². The lowest BCUT2D eigenvalue weighted by Gasteiger charge is -2.32. The Morgan fingerprint density at radius 1 is 1.75 bits per heavy atom. The first kappa shape index (κ1) is 11.1. The van der Waals surface area contributed by atoms with Gasteiger partial charge in [-0.3, -0.25) is 4.79 Å². The van der Waals surface area contributed by atoms with Crippen LogP contribution in [0.3, 0.4) is 0 Å². The van der Waals surface area contributed by atoms with Crippen LogP contribution in [0.25, 0.3) is 0 Å². The molecule has 16 heavy (non-hydrogen) atoms. The van der Waals surface area contributed by atoms with Gasteiger partial charge in [0.1, 0.15) is 5.69 Å². The summed E-state index contributed by atoms with van der Waals surface area (Å²) in [6.45, 7) is 2.15. The van der Waals surface area contributed by atoms with Crippen LogP contribution < -0.4 is 5.73 Å². The van der Waals surface area contributed by atoms with Gasteiger partial charge in [-0.05, 0) is 0 Å². The highest BCUT2D eigenvalue weighted by atomic mass is 16.5. The number of aromatic nitrogens is 2. The Hall–Kier alpha value is -1.40. The van der Waals surface area contributed by atoms with Crippen molar-refractivity contribution in [2.45, 2.75) is 6.10 Å². The van der Waals surface area contributed by atoms with Crippen molar-refractivity contribution in [1.82, 2.24) is 14.5 Å². The number of aryl methyl sites for hydroxylation is 1. The van der Waals surface area contributed by atoms with Crippen molar-refractivity contribution < 1.29 is 9.53 Å². The highest BCUT2D eigenvalue weighted by Crippen LogP contribution is 2.09. The first-order valence-corrected chi connectivity index (χ1v) is 5.29. The van der Waals surface area contributed by atoms with E-state index in [1.165, 1.54) is 0 Å². The number of hydrogen-bond acceptors (Lipinski definition) is 4. The number of morpholine rings is 1. The van der Waals surface area contributed by atoms with Gasteiger partial charge in [-0.15, -0.1) is 0 Å². The molecule has 0 saturated carbocycles. The van der Waals surface area contributed by atoms with Crippen molar-refractivity contribution >= 4 is 5.91 Å². The average molecular weight is 224 g/mol. The lowest BCUT2D eigenvalue weighted by atomic mass is 10.2. The summed E-state index contributed by atoms with van der Waals surface area (Å²) in [4.78, 5) is 17.8. The predicted molar refractivity (Wildman–Crippen MR) is 57.9 cm³/mol. The zero-order valence-electron chi connectivity index (χ0n) is 9.30. The van der Waals surface area contributed by atoms with Crippen LogP contribution in [0.2, 0.25) is 0 Å². The molecule has 2 heterocycles. The fourth-order valence-electron chi connectivity index (χ4n) is 1.77. The van der Waals surface area contributed by atoms with Gasteiger partial charge in [0.25, 0.3) is 5.91 Å². The second kappa shape index (κ2) is 4.63. The Bertz CT molecular complexity index is 377. The molecule has 0 radical (unpaired) electrons. The van der Waals surface area contributed by atoms with E-state index in [0.717, 1.165) is 0 Å². The van der Waals surface area contributed by atoms with Crippen LogP contribution in [0, 0.1) is 0 Å². The Labute approximate surface area is 94.0 Å². The highest BCUT2D eigenvalue weighted by molar-refractivity contribution is 5.92. The standard InChI is InChI=1S/C10H16N4O2/c1-13-7-12-5-9(13)10(15)14-2-3-16-8(4-11)6-14/h5,7-8H,2-4,6,11H2,1H3. The summed E-state index contributed by atoms with van der Waals surface area (Å²) in [7, 11) is 1.81. The number of nitrogens with two attached hydrogens (primary N) is 1. The molecule has 0 aromatic carbocycles. The van der Waals surface area contributed by atoms with E-state index in [0.29, 0.717) is 31.9 Å². The van der Waals surface area contributed by atoms with Crippen LogP contribution in [0.15, 0.2) is 12.5 Å².